The van der Waals surface area contributed by atoms with Crippen molar-refractivity contribution in [3.8, 4) is 11.5 Å². The summed E-state index contributed by atoms with van der Waals surface area (Å²) in [6.07, 6.45) is 1.11. The van der Waals surface area contributed by atoms with E-state index >= 15 is 0 Å². The maximum Gasteiger partial charge on any atom is 0.161 e. The number of rotatable bonds is 8. The van der Waals surface area contributed by atoms with E-state index in [1.165, 1.54) is 0 Å². The van der Waals surface area contributed by atoms with Crippen LogP contribution in [-0.4, -0.2) is 43.3 Å². The highest BCUT2D eigenvalue weighted by atomic mass is 16.5. The van der Waals surface area contributed by atoms with Crippen LogP contribution in [0.4, 0.5) is 0 Å². The van der Waals surface area contributed by atoms with Crippen molar-refractivity contribution in [2.45, 2.75) is 32.9 Å². The Bertz CT molecular complexity index is 380. The summed E-state index contributed by atoms with van der Waals surface area (Å²) in [4.78, 5) is 2.19. The standard InChI is InChI=1S/C15H26N2O2/c1-5-19-15-10-13(6-7-14(15)18)11-16-12(2)8-9-17(3)4/h6-7,10,12,16,18H,5,8-9,11H2,1-4H3. The highest BCUT2D eigenvalue weighted by Gasteiger charge is 2.06. The molecule has 0 aliphatic heterocycles. The van der Waals surface area contributed by atoms with Crippen molar-refractivity contribution < 1.29 is 9.84 Å². The fourth-order valence-corrected chi connectivity index (χ4v) is 1.79. The molecule has 4 nitrogen and oxygen atoms in total. The number of nitrogens with one attached hydrogen (secondary N) is 1. The molecule has 0 saturated heterocycles. The number of ether oxygens (including phenoxy) is 1. The molecule has 1 aromatic carbocycles. The third kappa shape index (κ3) is 5.94. The number of hydrogen-bond donors (Lipinski definition) is 2. The summed E-state index contributed by atoms with van der Waals surface area (Å²) in [6, 6.07) is 5.97. The molecule has 0 saturated carbocycles. The zero-order valence-electron chi connectivity index (χ0n) is 12.4. The Morgan fingerprint density at radius 2 is 2.11 bits per heavy atom. The molecule has 1 unspecified atom stereocenters. The van der Waals surface area contributed by atoms with Gasteiger partial charge in [-0.05, 0) is 58.6 Å². The SMILES string of the molecule is CCOc1cc(CNC(C)CCN(C)C)ccc1O. The smallest absolute Gasteiger partial charge is 0.161 e. The molecule has 0 amide bonds. The minimum atomic E-state index is 0.200. The highest BCUT2D eigenvalue weighted by molar-refractivity contribution is 5.41. The van der Waals surface area contributed by atoms with Gasteiger partial charge in [-0.25, -0.2) is 0 Å². The summed E-state index contributed by atoms with van der Waals surface area (Å²) in [6.45, 7) is 6.52. The van der Waals surface area contributed by atoms with Crippen LogP contribution < -0.4 is 10.1 Å². The number of benzene rings is 1. The van der Waals surface area contributed by atoms with E-state index in [2.05, 4.69) is 31.2 Å². The predicted octanol–water partition coefficient (Wildman–Crippen LogP) is 2.22. The summed E-state index contributed by atoms with van der Waals surface area (Å²) in [7, 11) is 4.17. The summed E-state index contributed by atoms with van der Waals surface area (Å²) in [5, 5.41) is 13.1. The number of phenols is 1. The third-order valence-electron chi connectivity index (χ3n) is 2.99. The number of hydrogen-bond acceptors (Lipinski definition) is 4. The van der Waals surface area contributed by atoms with E-state index in [1.807, 2.05) is 19.1 Å². The Balaban J connectivity index is 2.46. The quantitative estimate of drug-likeness (QED) is 0.757. The van der Waals surface area contributed by atoms with Crippen molar-refractivity contribution in [2.75, 3.05) is 27.2 Å². The molecule has 1 aromatic rings. The summed E-state index contributed by atoms with van der Waals surface area (Å²) >= 11 is 0. The van der Waals surface area contributed by atoms with Crippen LogP contribution in [0.1, 0.15) is 25.8 Å². The van der Waals surface area contributed by atoms with Gasteiger partial charge in [-0.15, -0.1) is 0 Å². The molecular weight excluding hydrogens is 240 g/mol. The molecule has 2 N–H and O–H groups in total. The Kier molecular flexibility index (Phi) is 6.67. The van der Waals surface area contributed by atoms with Crippen LogP contribution in [-0.2, 0) is 6.54 Å². The third-order valence-corrected chi connectivity index (χ3v) is 2.99. The zero-order valence-corrected chi connectivity index (χ0v) is 12.4. The number of aromatic hydroxyl groups is 1. The molecular formula is C15H26N2O2. The topological polar surface area (TPSA) is 44.7 Å². The molecule has 0 bridgehead atoms. The van der Waals surface area contributed by atoms with E-state index < -0.39 is 0 Å². The van der Waals surface area contributed by atoms with Gasteiger partial charge in [0.25, 0.3) is 0 Å². The van der Waals surface area contributed by atoms with Crippen molar-refractivity contribution in [3.63, 3.8) is 0 Å². The van der Waals surface area contributed by atoms with E-state index in [0.29, 0.717) is 18.4 Å². The van der Waals surface area contributed by atoms with Crippen LogP contribution in [0.2, 0.25) is 0 Å². The zero-order chi connectivity index (χ0) is 14.3. The minimum absolute atomic E-state index is 0.200. The molecule has 0 aromatic heterocycles. The van der Waals surface area contributed by atoms with E-state index in [1.54, 1.807) is 6.07 Å². The van der Waals surface area contributed by atoms with Gasteiger partial charge >= 0.3 is 0 Å². The van der Waals surface area contributed by atoms with Crippen LogP contribution in [0.15, 0.2) is 18.2 Å². The van der Waals surface area contributed by atoms with Gasteiger partial charge in [-0.2, -0.15) is 0 Å². The van der Waals surface area contributed by atoms with Gasteiger partial charge in [0.1, 0.15) is 0 Å². The summed E-state index contributed by atoms with van der Waals surface area (Å²) in [5.74, 6) is 0.758. The van der Waals surface area contributed by atoms with Crippen molar-refractivity contribution in [1.29, 1.82) is 0 Å². The number of nitrogens with zero attached hydrogens (tertiary/aromatic N) is 1. The van der Waals surface area contributed by atoms with Crippen LogP contribution in [0.5, 0.6) is 11.5 Å². The van der Waals surface area contributed by atoms with Crippen molar-refractivity contribution in [1.82, 2.24) is 10.2 Å². The first-order chi connectivity index (χ1) is 9.02. The van der Waals surface area contributed by atoms with Gasteiger partial charge in [0.15, 0.2) is 11.5 Å². The van der Waals surface area contributed by atoms with Crippen molar-refractivity contribution in [3.05, 3.63) is 23.8 Å². The first-order valence-corrected chi connectivity index (χ1v) is 6.85. The normalized spacial score (nSPS) is 12.7. The molecule has 0 heterocycles. The molecule has 1 rings (SSSR count). The Morgan fingerprint density at radius 3 is 2.74 bits per heavy atom. The molecule has 0 aliphatic carbocycles. The lowest BCUT2D eigenvalue weighted by Crippen LogP contribution is -2.29. The molecule has 0 aliphatic rings. The van der Waals surface area contributed by atoms with Gasteiger partial charge in [0.2, 0.25) is 0 Å². The number of phenolic OH excluding ortho intramolecular Hbond substituents is 1. The van der Waals surface area contributed by atoms with Crippen LogP contribution >= 0.6 is 0 Å². The van der Waals surface area contributed by atoms with Gasteiger partial charge in [-0.3, -0.25) is 0 Å². The predicted molar refractivity (Wildman–Crippen MR) is 78.7 cm³/mol. The lowest BCUT2D eigenvalue weighted by atomic mass is 10.1. The lowest BCUT2D eigenvalue weighted by Gasteiger charge is -2.17. The van der Waals surface area contributed by atoms with Crippen LogP contribution in [0.3, 0.4) is 0 Å². The second kappa shape index (κ2) is 8.02. The molecule has 0 fully saturated rings. The molecule has 19 heavy (non-hydrogen) atoms. The minimum Gasteiger partial charge on any atom is -0.504 e. The maximum atomic E-state index is 9.64. The monoisotopic (exact) mass is 266 g/mol. The largest absolute Gasteiger partial charge is 0.504 e. The molecule has 0 radical (unpaired) electrons. The second-order valence-corrected chi connectivity index (χ2v) is 5.11. The average Bonchev–Trinajstić information content (AvgIpc) is 2.37. The molecule has 4 heteroatoms. The summed E-state index contributed by atoms with van der Waals surface area (Å²) < 4.78 is 5.38. The van der Waals surface area contributed by atoms with Crippen LogP contribution in [0.25, 0.3) is 0 Å². The average molecular weight is 266 g/mol. The van der Waals surface area contributed by atoms with Gasteiger partial charge in [0, 0.05) is 12.6 Å². The van der Waals surface area contributed by atoms with E-state index in [9.17, 15) is 5.11 Å². The Morgan fingerprint density at radius 1 is 1.37 bits per heavy atom. The lowest BCUT2D eigenvalue weighted by molar-refractivity contribution is 0.317. The molecule has 1 atom stereocenters. The molecule has 108 valence electrons. The van der Waals surface area contributed by atoms with Crippen molar-refractivity contribution >= 4 is 0 Å². The maximum absolute atomic E-state index is 9.64. The van der Waals surface area contributed by atoms with E-state index in [-0.39, 0.29) is 5.75 Å². The van der Waals surface area contributed by atoms with E-state index in [4.69, 9.17) is 4.74 Å². The Labute approximate surface area is 116 Å². The fourth-order valence-electron chi connectivity index (χ4n) is 1.79. The fraction of sp³-hybridized carbons (Fsp3) is 0.600. The van der Waals surface area contributed by atoms with Gasteiger partial charge in [-0.1, -0.05) is 6.07 Å². The highest BCUT2D eigenvalue weighted by Crippen LogP contribution is 2.26. The van der Waals surface area contributed by atoms with Gasteiger partial charge < -0.3 is 20.1 Å². The summed E-state index contributed by atoms with van der Waals surface area (Å²) in [5.41, 5.74) is 1.12. The van der Waals surface area contributed by atoms with Crippen LogP contribution in [0, 0.1) is 0 Å². The first kappa shape index (κ1) is 15.8. The van der Waals surface area contributed by atoms with Gasteiger partial charge in [0.05, 0.1) is 6.61 Å². The van der Waals surface area contributed by atoms with Crippen molar-refractivity contribution in [2.24, 2.45) is 0 Å². The van der Waals surface area contributed by atoms with E-state index in [0.717, 1.165) is 25.1 Å². The second-order valence-electron chi connectivity index (χ2n) is 5.11. The Hall–Kier alpha value is -1.26. The first-order valence-electron chi connectivity index (χ1n) is 6.85. The molecule has 0 spiro atoms.